The van der Waals surface area contributed by atoms with Gasteiger partial charge in [0.2, 0.25) is 10.0 Å². The van der Waals surface area contributed by atoms with Crippen molar-refractivity contribution < 1.29 is 17.9 Å². The van der Waals surface area contributed by atoms with E-state index in [1.807, 2.05) is 38.1 Å². The summed E-state index contributed by atoms with van der Waals surface area (Å²) < 4.78 is 33.8. The Morgan fingerprint density at radius 1 is 1.13 bits per heavy atom. The molecule has 0 aliphatic carbocycles. The predicted octanol–water partition coefficient (Wildman–Crippen LogP) is 4.28. The molecule has 9 heteroatoms. The second-order valence-corrected chi connectivity index (χ2v) is 11.3. The van der Waals surface area contributed by atoms with Crippen molar-refractivity contribution in [3.63, 3.8) is 0 Å². The van der Waals surface area contributed by atoms with Gasteiger partial charge in [0.05, 0.1) is 22.9 Å². The number of rotatable bonds is 3. The van der Waals surface area contributed by atoms with Gasteiger partial charge in [0, 0.05) is 30.1 Å². The molecule has 2 aliphatic heterocycles. The lowest BCUT2D eigenvalue weighted by atomic mass is 10.1. The molecule has 2 atom stereocenters. The Labute approximate surface area is 192 Å². The first-order chi connectivity index (χ1) is 14.8. The van der Waals surface area contributed by atoms with E-state index >= 15 is 0 Å². The summed E-state index contributed by atoms with van der Waals surface area (Å²) in [6.07, 6.45) is 0.425. The second kappa shape index (κ2) is 9.11. The minimum atomic E-state index is -3.87. The van der Waals surface area contributed by atoms with E-state index in [1.54, 1.807) is 22.7 Å². The molecule has 1 fully saturated rings. The number of hydrogen-bond acceptors (Lipinski definition) is 5. The van der Waals surface area contributed by atoms with Gasteiger partial charge in [-0.15, -0.1) is 11.8 Å². The monoisotopic (exact) mass is 480 g/mol. The van der Waals surface area contributed by atoms with E-state index in [2.05, 4.69) is 0 Å². The van der Waals surface area contributed by atoms with Gasteiger partial charge >= 0.3 is 0 Å². The highest BCUT2D eigenvalue weighted by Gasteiger charge is 2.34. The third-order valence-corrected chi connectivity index (χ3v) is 8.83. The number of morpholine rings is 1. The van der Waals surface area contributed by atoms with Crippen molar-refractivity contribution in [1.29, 1.82) is 0 Å². The minimum Gasteiger partial charge on any atom is -0.373 e. The molecular weight excluding hydrogens is 456 g/mol. The zero-order valence-corrected chi connectivity index (χ0v) is 19.8. The molecule has 31 heavy (non-hydrogen) atoms. The predicted molar refractivity (Wildman–Crippen MR) is 124 cm³/mol. The van der Waals surface area contributed by atoms with Crippen LogP contribution in [0.1, 0.15) is 30.6 Å². The number of carbonyl (C=O) groups is 1. The first-order valence-electron chi connectivity index (χ1n) is 10.3. The Bertz CT molecular complexity index is 1080. The van der Waals surface area contributed by atoms with Gasteiger partial charge in [0.25, 0.3) is 5.91 Å². The molecule has 2 aliphatic rings. The fraction of sp³-hybridized carbons (Fsp3) is 0.409. The summed E-state index contributed by atoms with van der Waals surface area (Å²) in [4.78, 5) is 16.2. The number of sulfonamides is 1. The van der Waals surface area contributed by atoms with Gasteiger partial charge in [0.1, 0.15) is 4.90 Å². The van der Waals surface area contributed by atoms with Gasteiger partial charge in [-0.2, -0.15) is 4.31 Å². The van der Waals surface area contributed by atoms with Gasteiger partial charge in [-0.25, -0.2) is 8.42 Å². The first-order valence-corrected chi connectivity index (χ1v) is 13.1. The number of ether oxygens (including phenoxy) is 1. The molecule has 0 saturated carbocycles. The molecule has 0 aromatic heterocycles. The fourth-order valence-electron chi connectivity index (χ4n) is 3.99. The molecule has 0 unspecified atom stereocenters. The van der Waals surface area contributed by atoms with Crippen molar-refractivity contribution in [3.8, 4) is 0 Å². The molecular formula is C22H25ClN2O4S2. The molecule has 2 heterocycles. The van der Waals surface area contributed by atoms with Crippen LogP contribution in [0, 0.1) is 0 Å². The van der Waals surface area contributed by atoms with Crippen LogP contribution in [-0.4, -0.2) is 56.2 Å². The fourth-order valence-corrected chi connectivity index (χ4v) is 7.08. The van der Waals surface area contributed by atoms with E-state index in [9.17, 15) is 13.2 Å². The molecule has 6 nitrogen and oxygen atoms in total. The zero-order valence-electron chi connectivity index (χ0n) is 17.5. The van der Waals surface area contributed by atoms with Crippen LogP contribution in [0.2, 0.25) is 5.02 Å². The van der Waals surface area contributed by atoms with Crippen molar-refractivity contribution >= 4 is 45.0 Å². The summed E-state index contributed by atoms with van der Waals surface area (Å²) in [5.41, 5.74) is 1.16. The summed E-state index contributed by atoms with van der Waals surface area (Å²) in [6, 6.07) is 12.3. The average molecular weight is 481 g/mol. The maximum Gasteiger partial charge on any atom is 0.258 e. The maximum absolute atomic E-state index is 13.4. The molecule has 0 N–H and O–H groups in total. The Kier molecular flexibility index (Phi) is 6.65. The number of fused-ring (bicyclic) bond motifs is 1. The van der Waals surface area contributed by atoms with Crippen molar-refractivity contribution in [2.24, 2.45) is 0 Å². The molecule has 0 radical (unpaired) electrons. The SMILES string of the molecule is C[C@@H]1CN(S(=O)(=O)c2cc(C(=O)N3CCCSc4ccccc43)ccc2Cl)C[C@H](C)O1. The maximum atomic E-state index is 13.4. The van der Waals surface area contributed by atoms with Gasteiger partial charge in [0.15, 0.2) is 0 Å². The Morgan fingerprint density at radius 2 is 1.84 bits per heavy atom. The molecule has 2 aromatic rings. The van der Waals surface area contributed by atoms with E-state index in [0.717, 1.165) is 22.8 Å². The summed E-state index contributed by atoms with van der Waals surface area (Å²) in [5.74, 6) is 0.695. The Hall–Kier alpha value is -1.58. The number of benzene rings is 2. The highest BCUT2D eigenvalue weighted by Crippen LogP contribution is 2.35. The van der Waals surface area contributed by atoms with Crippen molar-refractivity contribution in [3.05, 3.63) is 53.1 Å². The van der Waals surface area contributed by atoms with Crippen LogP contribution in [0.5, 0.6) is 0 Å². The number of amides is 1. The van der Waals surface area contributed by atoms with E-state index in [0.29, 0.717) is 12.1 Å². The first kappa shape index (κ1) is 22.6. The third-order valence-electron chi connectivity index (χ3n) is 5.37. The lowest BCUT2D eigenvalue weighted by Gasteiger charge is -2.34. The van der Waals surface area contributed by atoms with E-state index in [1.165, 1.54) is 16.4 Å². The molecule has 166 valence electrons. The van der Waals surface area contributed by atoms with Crippen molar-refractivity contribution in [1.82, 2.24) is 4.31 Å². The van der Waals surface area contributed by atoms with Gasteiger partial charge < -0.3 is 9.64 Å². The van der Waals surface area contributed by atoms with Gasteiger partial charge in [-0.1, -0.05) is 23.7 Å². The van der Waals surface area contributed by atoms with Crippen LogP contribution in [0.3, 0.4) is 0 Å². The largest absolute Gasteiger partial charge is 0.373 e. The number of nitrogens with zero attached hydrogens (tertiary/aromatic N) is 2. The summed E-state index contributed by atoms with van der Waals surface area (Å²) in [7, 11) is -3.87. The normalized spacial score (nSPS) is 22.6. The van der Waals surface area contributed by atoms with Gasteiger partial charge in [-0.3, -0.25) is 4.79 Å². The standard InChI is InChI=1S/C22H25ClN2O4S2/c1-15-13-24(14-16(2)29-15)31(27,28)21-12-17(8-9-18(21)23)22(26)25-10-5-11-30-20-7-4-3-6-19(20)25/h3-4,6-9,12,15-16H,5,10-11,13-14H2,1-2H3/t15-,16+. The van der Waals surface area contributed by atoms with E-state index < -0.39 is 10.0 Å². The lowest BCUT2D eigenvalue weighted by Crippen LogP contribution is -2.48. The lowest BCUT2D eigenvalue weighted by molar-refractivity contribution is -0.0440. The summed E-state index contributed by atoms with van der Waals surface area (Å²) in [6.45, 7) is 4.75. The number of halogens is 1. The molecule has 2 aromatic carbocycles. The minimum absolute atomic E-state index is 0.0428. The number of thioether (sulfide) groups is 1. The van der Waals surface area contributed by atoms with Crippen molar-refractivity contribution in [2.45, 2.75) is 42.3 Å². The topological polar surface area (TPSA) is 66.9 Å². The van der Waals surface area contributed by atoms with Crippen LogP contribution in [-0.2, 0) is 14.8 Å². The van der Waals surface area contributed by atoms with Gasteiger partial charge in [-0.05, 0) is 56.4 Å². The van der Waals surface area contributed by atoms with Crippen LogP contribution in [0.15, 0.2) is 52.3 Å². The Morgan fingerprint density at radius 3 is 2.58 bits per heavy atom. The van der Waals surface area contributed by atoms with E-state index in [4.69, 9.17) is 16.3 Å². The van der Waals surface area contributed by atoms with Crippen LogP contribution in [0.4, 0.5) is 5.69 Å². The highest BCUT2D eigenvalue weighted by molar-refractivity contribution is 7.99. The average Bonchev–Trinajstić information content (AvgIpc) is 2.95. The second-order valence-electron chi connectivity index (χ2n) is 7.85. The number of para-hydroxylation sites is 1. The molecule has 0 bridgehead atoms. The van der Waals surface area contributed by atoms with E-state index in [-0.39, 0.29) is 41.1 Å². The number of anilines is 1. The third kappa shape index (κ3) is 4.64. The summed E-state index contributed by atoms with van der Waals surface area (Å²) >= 11 is 8.03. The smallest absolute Gasteiger partial charge is 0.258 e. The highest BCUT2D eigenvalue weighted by atomic mass is 35.5. The molecule has 1 amide bonds. The molecule has 1 saturated heterocycles. The quantitative estimate of drug-likeness (QED) is 0.656. The number of carbonyl (C=O) groups excluding carboxylic acids is 1. The van der Waals surface area contributed by atoms with Crippen LogP contribution >= 0.6 is 23.4 Å². The molecule has 0 spiro atoms. The van der Waals surface area contributed by atoms with Crippen molar-refractivity contribution in [2.75, 3.05) is 30.3 Å². The van der Waals surface area contributed by atoms with Crippen LogP contribution < -0.4 is 4.90 Å². The zero-order chi connectivity index (χ0) is 22.2. The summed E-state index contributed by atoms with van der Waals surface area (Å²) in [5, 5.41) is 0.107. The Balaban J connectivity index is 1.69. The molecule has 4 rings (SSSR count). The van der Waals surface area contributed by atoms with Crippen LogP contribution in [0.25, 0.3) is 0 Å². The number of hydrogen-bond donors (Lipinski definition) is 0.